The molecule has 3 aromatic rings. The Morgan fingerprint density at radius 3 is 2.61 bits per heavy atom. The Morgan fingerprint density at radius 2 is 1.91 bits per heavy atom. The number of aryl methyl sites for hydroxylation is 1. The number of nitrogens with zero attached hydrogens (tertiary/aromatic N) is 3. The molecule has 1 aromatic carbocycles. The quantitative estimate of drug-likeness (QED) is 0.496. The number of ketones is 1. The molecule has 0 aliphatic rings. The van der Waals surface area contributed by atoms with E-state index in [0.29, 0.717) is 26.4 Å². The summed E-state index contributed by atoms with van der Waals surface area (Å²) in [6.45, 7) is 3.84. The number of Topliss-reactive ketones (excluding diaryl/α,β-unsaturated/α-hetero) is 1. The van der Waals surface area contributed by atoms with Crippen molar-refractivity contribution < 1.29 is 4.79 Å². The van der Waals surface area contributed by atoms with Crippen LogP contribution < -0.4 is 0 Å². The molecule has 0 N–H and O–H groups in total. The lowest BCUT2D eigenvalue weighted by atomic mass is 10.1. The second-order valence-corrected chi connectivity index (χ2v) is 7.32. The summed E-state index contributed by atoms with van der Waals surface area (Å²) in [5, 5.41) is 9.35. The fourth-order valence-corrected chi connectivity index (χ4v) is 3.56. The number of halogens is 2. The van der Waals surface area contributed by atoms with Gasteiger partial charge in [0.15, 0.2) is 16.6 Å². The fraction of sp³-hybridized carbons (Fsp3) is 0.188. The zero-order chi connectivity index (χ0) is 16.6. The van der Waals surface area contributed by atoms with Crippen molar-refractivity contribution in [2.75, 3.05) is 0 Å². The molecule has 0 bridgehead atoms. The van der Waals surface area contributed by atoms with Crippen molar-refractivity contribution in [1.29, 1.82) is 0 Å². The molecule has 2 heterocycles. The van der Waals surface area contributed by atoms with Gasteiger partial charge in [-0.05, 0) is 19.9 Å². The zero-order valence-corrected chi connectivity index (χ0v) is 14.8. The lowest BCUT2D eigenvalue weighted by Crippen LogP contribution is -2.14. The second-order valence-electron chi connectivity index (χ2n) is 5.17. The molecule has 0 fully saturated rings. The summed E-state index contributed by atoms with van der Waals surface area (Å²) in [4.78, 5) is 12.5. The standard InChI is InChI=1S/C16H13Cl2N3OS/c1-9-3-5-11(6-4-9)14(22)10(2)23-16-20-19-15-13(18)7-12(17)8-21(15)16/h3-8,10H,1-2H3/t10-/m1/s1. The van der Waals surface area contributed by atoms with Crippen LogP contribution in [0.1, 0.15) is 22.8 Å². The number of rotatable bonds is 4. The van der Waals surface area contributed by atoms with Crippen LogP contribution in [0.4, 0.5) is 0 Å². The molecule has 0 aliphatic heterocycles. The van der Waals surface area contributed by atoms with Crippen molar-refractivity contribution in [2.24, 2.45) is 0 Å². The van der Waals surface area contributed by atoms with Gasteiger partial charge in [0.25, 0.3) is 0 Å². The molecule has 118 valence electrons. The van der Waals surface area contributed by atoms with Crippen molar-refractivity contribution in [1.82, 2.24) is 14.6 Å². The van der Waals surface area contributed by atoms with Gasteiger partial charge in [-0.25, -0.2) is 0 Å². The van der Waals surface area contributed by atoms with Gasteiger partial charge in [-0.15, -0.1) is 10.2 Å². The van der Waals surface area contributed by atoms with Crippen LogP contribution in [0, 0.1) is 6.92 Å². The molecular formula is C16H13Cl2N3OS. The van der Waals surface area contributed by atoms with Crippen LogP contribution in [0.25, 0.3) is 5.65 Å². The molecule has 0 unspecified atom stereocenters. The van der Waals surface area contributed by atoms with Crippen molar-refractivity contribution in [2.45, 2.75) is 24.3 Å². The molecule has 0 amide bonds. The van der Waals surface area contributed by atoms with E-state index in [-0.39, 0.29) is 11.0 Å². The average Bonchev–Trinajstić information content (AvgIpc) is 2.90. The number of carbonyl (C=O) groups is 1. The average molecular weight is 366 g/mol. The zero-order valence-electron chi connectivity index (χ0n) is 12.5. The third kappa shape index (κ3) is 3.37. The Labute approximate surface area is 147 Å². The molecule has 0 spiro atoms. The van der Waals surface area contributed by atoms with Crippen LogP contribution in [0.15, 0.2) is 41.7 Å². The highest BCUT2D eigenvalue weighted by molar-refractivity contribution is 8.00. The van der Waals surface area contributed by atoms with Gasteiger partial charge in [0.05, 0.1) is 15.3 Å². The minimum atomic E-state index is -0.303. The van der Waals surface area contributed by atoms with Crippen LogP contribution >= 0.6 is 35.0 Å². The molecule has 23 heavy (non-hydrogen) atoms. The lowest BCUT2D eigenvalue weighted by molar-refractivity contribution is 0.0994. The highest BCUT2D eigenvalue weighted by Gasteiger charge is 2.20. The fourth-order valence-electron chi connectivity index (χ4n) is 2.15. The topological polar surface area (TPSA) is 47.3 Å². The molecule has 0 saturated carbocycles. The maximum absolute atomic E-state index is 12.5. The summed E-state index contributed by atoms with van der Waals surface area (Å²) in [5.74, 6) is 0.0416. The van der Waals surface area contributed by atoms with E-state index in [4.69, 9.17) is 23.2 Å². The SMILES string of the molecule is Cc1ccc(C(=O)[C@@H](C)Sc2nnc3c(Cl)cc(Cl)cn23)cc1. The first-order valence-corrected chi connectivity index (χ1v) is 8.56. The van der Waals surface area contributed by atoms with Gasteiger partial charge >= 0.3 is 0 Å². The van der Waals surface area contributed by atoms with Crippen molar-refractivity contribution in [3.8, 4) is 0 Å². The Balaban J connectivity index is 1.86. The van der Waals surface area contributed by atoms with E-state index in [1.54, 1.807) is 16.7 Å². The molecule has 2 aromatic heterocycles. The van der Waals surface area contributed by atoms with E-state index >= 15 is 0 Å². The van der Waals surface area contributed by atoms with Gasteiger partial charge in [0.2, 0.25) is 0 Å². The van der Waals surface area contributed by atoms with Gasteiger partial charge in [-0.2, -0.15) is 0 Å². The highest BCUT2D eigenvalue weighted by atomic mass is 35.5. The van der Waals surface area contributed by atoms with Crippen molar-refractivity contribution >= 4 is 46.4 Å². The maximum atomic E-state index is 12.5. The molecule has 0 aliphatic carbocycles. The Bertz CT molecular complexity index is 877. The van der Waals surface area contributed by atoms with Gasteiger partial charge in [0.1, 0.15) is 0 Å². The van der Waals surface area contributed by atoms with Gasteiger partial charge in [0, 0.05) is 11.8 Å². The van der Waals surface area contributed by atoms with Gasteiger partial charge in [-0.1, -0.05) is 64.8 Å². The number of carbonyl (C=O) groups excluding carboxylic acids is 1. The van der Waals surface area contributed by atoms with Gasteiger partial charge in [-0.3, -0.25) is 9.20 Å². The second kappa shape index (κ2) is 6.51. The molecule has 0 radical (unpaired) electrons. The number of pyridine rings is 1. The molecule has 4 nitrogen and oxygen atoms in total. The van der Waals surface area contributed by atoms with E-state index < -0.39 is 0 Å². The molecule has 0 saturated heterocycles. The smallest absolute Gasteiger partial charge is 0.196 e. The van der Waals surface area contributed by atoms with Crippen molar-refractivity contribution in [3.05, 3.63) is 57.7 Å². The molecular weight excluding hydrogens is 353 g/mol. The summed E-state index contributed by atoms with van der Waals surface area (Å²) < 4.78 is 1.70. The van der Waals surface area contributed by atoms with Crippen LogP contribution in [0.3, 0.4) is 0 Å². The summed E-state index contributed by atoms with van der Waals surface area (Å²) in [6, 6.07) is 9.14. The molecule has 1 atom stereocenters. The summed E-state index contributed by atoms with van der Waals surface area (Å²) in [7, 11) is 0. The number of hydrogen-bond acceptors (Lipinski definition) is 4. The normalized spacial score (nSPS) is 12.5. The lowest BCUT2D eigenvalue weighted by Gasteiger charge is -2.09. The molecule has 7 heteroatoms. The first kappa shape index (κ1) is 16.3. The third-order valence-corrected chi connectivity index (χ3v) is 4.92. The Kier molecular flexibility index (Phi) is 4.62. The summed E-state index contributed by atoms with van der Waals surface area (Å²) >= 11 is 13.5. The Morgan fingerprint density at radius 1 is 1.22 bits per heavy atom. The van der Waals surface area contributed by atoms with Crippen LogP contribution in [-0.4, -0.2) is 25.6 Å². The van der Waals surface area contributed by atoms with E-state index in [1.165, 1.54) is 11.8 Å². The maximum Gasteiger partial charge on any atom is 0.196 e. The number of fused-ring (bicyclic) bond motifs is 1. The number of hydrogen-bond donors (Lipinski definition) is 0. The third-order valence-electron chi connectivity index (χ3n) is 3.38. The first-order chi connectivity index (χ1) is 11.0. The van der Waals surface area contributed by atoms with E-state index in [1.807, 2.05) is 38.1 Å². The van der Waals surface area contributed by atoms with Crippen LogP contribution in [0.5, 0.6) is 0 Å². The van der Waals surface area contributed by atoms with Gasteiger partial charge < -0.3 is 0 Å². The minimum absolute atomic E-state index is 0.0416. The highest BCUT2D eigenvalue weighted by Crippen LogP contribution is 2.28. The van der Waals surface area contributed by atoms with E-state index in [0.717, 1.165) is 5.56 Å². The van der Waals surface area contributed by atoms with Crippen LogP contribution in [0.2, 0.25) is 10.0 Å². The van der Waals surface area contributed by atoms with E-state index in [2.05, 4.69) is 10.2 Å². The van der Waals surface area contributed by atoms with Crippen LogP contribution in [-0.2, 0) is 0 Å². The molecule has 3 rings (SSSR count). The Hall–Kier alpha value is -1.56. The number of benzene rings is 1. The number of thioether (sulfide) groups is 1. The summed E-state index contributed by atoms with van der Waals surface area (Å²) in [5.41, 5.74) is 2.32. The predicted molar refractivity (Wildman–Crippen MR) is 93.8 cm³/mol. The van der Waals surface area contributed by atoms with Crippen molar-refractivity contribution in [3.63, 3.8) is 0 Å². The largest absolute Gasteiger partial charge is 0.293 e. The first-order valence-electron chi connectivity index (χ1n) is 6.93. The monoisotopic (exact) mass is 365 g/mol. The van der Waals surface area contributed by atoms with E-state index in [9.17, 15) is 4.79 Å². The number of aromatic nitrogens is 3. The predicted octanol–water partition coefficient (Wildman–Crippen LogP) is 4.71. The summed E-state index contributed by atoms with van der Waals surface area (Å²) in [6.07, 6.45) is 1.69. The minimum Gasteiger partial charge on any atom is -0.293 e.